The molecule has 0 spiro atoms. The van der Waals surface area contributed by atoms with E-state index < -0.39 is 0 Å². The Balaban J connectivity index is 1.87. The quantitative estimate of drug-likeness (QED) is 0.724. The van der Waals surface area contributed by atoms with Gasteiger partial charge in [0.15, 0.2) is 0 Å². The lowest BCUT2D eigenvalue weighted by Gasteiger charge is -2.12. The molecule has 1 aromatic carbocycles. The molecule has 0 heterocycles. The Bertz CT molecular complexity index is 421. The summed E-state index contributed by atoms with van der Waals surface area (Å²) >= 11 is 0. The van der Waals surface area contributed by atoms with Crippen LogP contribution in [0.15, 0.2) is 24.3 Å². The van der Waals surface area contributed by atoms with Gasteiger partial charge in [-0.05, 0) is 42.2 Å². The fraction of sp³-hybridized carbons (Fsp3) is 0.588. The van der Waals surface area contributed by atoms with E-state index in [4.69, 9.17) is 4.74 Å². The lowest BCUT2D eigenvalue weighted by atomic mass is 9.93. The van der Waals surface area contributed by atoms with Gasteiger partial charge in [0.05, 0.1) is 13.0 Å². The lowest BCUT2D eigenvalue weighted by molar-refractivity contribution is -0.142. The lowest BCUT2D eigenvalue weighted by Crippen LogP contribution is -2.05. The van der Waals surface area contributed by atoms with Gasteiger partial charge in [0.2, 0.25) is 0 Å². The van der Waals surface area contributed by atoms with E-state index in [1.165, 1.54) is 24.7 Å². The van der Waals surface area contributed by atoms with Crippen molar-refractivity contribution in [3.05, 3.63) is 35.4 Å². The van der Waals surface area contributed by atoms with Gasteiger partial charge >= 0.3 is 5.97 Å². The minimum absolute atomic E-state index is 0.0320. The predicted molar refractivity (Wildman–Crippen MR) is 77.1 cm³/mol. The smallest absolute Gasteiger partial charge is 0.308 e. The van der Waals surface area contributed by atoms with Crippen LogP contribution in [0.3, 0.4) is 0 Å². The van der Waals surface area contributed by atoms with Gasteiger partial charge in [0, 0.05) is 0 Å². The Morgan fingerprint density at radius 2 is 2.05 bits per heavy atom. The largest absolute Gasteiger partial charge is 0.469 e. The Morgan fingerprint density at radius 1 is 1.37 bits per heavy atom. The third kappa shape index (κ3) is 3.59. The van der Waals surface area contributed by atoms with E-state index in [-0.39, 0.29) is 11.9 Å². The van der Waals surface area contributed by atoms with Crippen LogP contribution < -0.4 is 0 Å². The van der Waals surface area contributed by atoms with Crippen LogP contribution in [-0.2, 0) is 16.0 Å². The standard InChI is InChI=1S/C17H24O2/c1-4-5-13-6-8-14(9-7-13)12(2)10-15-11-16(15)17(18)19-3/h6-9,12,15-16H,4-5,10-11H2,1-3H3. The fourth-order valence-electron chi connectivity index (χ4n) is 2.84. The Hall–Kier alpha value is -1.31. The number of ether oxygens (including phenoxy) is 1. The van der Waals surface area contributed by atoms with E-state index in [0.29, 0.717) is 11.8 Å². The van der Waals surface area contributed by atoms with Crippen LogP contribution >= 0.6 is 0 Å². The van der Waals surface area contributed by atoms with E-state index >= 15 is 0 Å². The summed E-state index contributed by atoms with van der Waals surface area (Å²) in [6, 6.07) is 8.95. The molecule has 104 valence electrons. The summed E-state index contributed by atoms with van der Waals surface area (Å²) in [7, 11) is 1.48. The molecule has 0 N–H and O–H groups in total. The average Bonchev–Trinajstić information content (AvgIpc) is 3.18. The van der Waals surface area contributed by atoms with Crippen molar-refractivity contribution < 1.29 is 9.53 Å². The molecule has 0 radical (unpaired) electrons. The highest BCUT2D eigenvalue weighted by Crippen LogP contribution is 2.45. The Kier molecular flexibility index (Phi) is 4.62. The van der Waals surface area contributed by atoms with Crippen molar-refractivity contribution in [1.82, 2.24) is 0 Å². The first-order valence-electron chi connectivity index (χ1n) is 7.32. The molecule has 1 saturated carbocycles. The molecule has 1 aliphatic rings. The zero-order chi connectivity index (χ0) is 13.8. The monoisotopic (exact) mass is 260 g/mol. The molecule has 1 fully saturated rings. The normalized spacial score (nSPS) is 22.9. The molecular weight excluding hydrogens is 236 g/mol. The second-order valence-electron chi connectivity index (χ2n) is 5.75. The van der Waals surface area contributed by atoms with Crippen LogP contribution in [0.1, 0.15) is 50.2 Å². The molecule has 0 aromatic heterocycles. The SMILES string of the molecule is CCCc1ccc(C(C)CC2CC2C(=O)OC)cc1. The highest BCUT2D eigenvalue weighted by Gasteiger charge is 2.44. The highest BCUT2D eigenvalue weighted by atomic mass is 16.5. The third-order valence-electron chi connectivity index (χ3n) is 4.17. The molecule has 2 rings (SSSR count). The van der Waals surface area contributed by atoms with E-state index in [9.17, 15) is 4.79 Å². The maximum absolute atomic E-state index is 11.4. The molecule has 2 heteroatoms. The molecule has 0 amide bonds. The van der Waals surface area contributed by atoms with Crippen LogP contribution in [-0.4, -0.2) is 13.1 Å². The number of carbonyl (C=O) groups excluding carboxylic acids is 1. The molecule has 1 aliphatic carbocycles. The van der Waals surface area contributed by atoms with Gasteiger partial charge in [0.1, 0.15) is 0 Å². The van der Waals surface area contributed by atoms with Gasteiger partial charge in [0.25, 0.3) is 0 Å². The fourth-order valence-corrected chi connectivity index (χ4v) is 2.84. The van der Waals surface area contributed by atoms with Crippen LogP contribution in [0.5, 0.6) is 0 Å². The first kappa shape index (κ1) is 14.1. The van der Waals surface area contributed by atoms with Crippen LogP contribution in [0.2, 0.25) is 0 Å². The van der Waals surface area contributed by atoms with Gasteiger partial charge in [-0.25, -0.2) is 0 Å². The third-order valence-corrected chi connectivity index (χ3v) is 4.17. The van der Waals surface area contributed by atoms with Crippen molar-refractivity contribution >= 4 is 5.97 Å². The molecule has 0 bridgehead atoms. The number of benzene rings is 1. The topological polar surface area (TPSA) is 26.3 Å². The summed E-state index contributed by atoms with van der Waals surface area (Å²) in [4.78, 5) is 11.4. The van der Waals surface area contributed by atoms with E-state index in [0.717, 1.165) is 19.3 Å². The number of methoxy groups -OCH3 is 1. The summed E-state index contributed by atoms with van der Waals surface area (Å²) in [6.45, 7) is 4.46. The number of carbonyl (C=O) groups is 1. The summed E-state index contributed by atoms with van der Waals surface area (Å²) in [5, 5.41) is 0. The summed E-state index contributed by atoms with van der Waals surface area (Å²) in [5.74, 6) is 1.18. The number of hydrogen-bond donors (Lipinski definition) is 0. The van der Waals surface area contributed by atoms with Gasteiger partial charge in [-0.2, -0.15) is 0 Å². The van der Waals surface area contributed by atoms with Crippen molar-refractivity contribution in [3.63, 3.8) is 0 Å². The van der Waals surface area contributed by atoms with E-state index in [1.54, 1.807) is 0 Å². The second kappa shape index (κ2) is 6.23. The van der Waals surface area contributed by atoms with Gasteiger partial charge in [-0.1, -0.05) is 44.5 Å². The minimum atomic E-state index is -0.0320. The molecule has 2 nitrogen and oxygen atoms in total. The first-order valence-corrected chi connectivity index (χ1v) is 7.32. The Labute approximate surface area is 116 Å². The molecule has 0 saturated heterocycles. The summed E-state index contributed by atoms with van der Waals surface area (Å²) in [5.41, 5.74) is 2.80. The predicted octanol–water partition coefficient (Wildman–Crippen LogP) is 3.94. The van der Waals surface area contributed by atoms with Crippen LogP contribution in [0, 0.1) is 11.8 Å². The number of esters is 1. The number of hydrogen-bond acceptors (Lipinski definition) is 2. The summed E-state index contributed by atoms with van der Waals surface area (Å²) < 4.78 is 4.80. The van der Waals surface area contributed by atoms with Crippen molar-refractivity contribution in [2.24, 2.45) is 11.8 Å². The van der Waals surface area contributed by atoms with Crippen molar-refractivity contribution in [2.75, 3.05) is 7.11 Å². The zero-order valence-corrected chi connectivity index (χ0v) is 12.2. The minimum Gasteiger partial charge on any atom is -0.469 e. The maximum atomic E-state index is 11.4. The molecule has 3 atom stereocenters. The molecule has 1 aromatic rings. The van der Waals surface area contributed by atoms with Gasteiger partial charge in [-0.15, -0.1) is 0 Å². The Morgan fingerprint density at radius 3 is 2.63 bits per heavy atom. The zero-order valence-electron chi connectivity index (χ0n) is 12.2. The summed E-state index contributed by atoms with van der Waals surface area (Å²) in [6.07, 6.45) is 4.44. The van der Waals surface area contributed by atoms with Crippen LogP contribution in [0.4, 0.5) is 0 Å². The van der Waals surface area contributed by atoms with Crippen molar-refractivity contribution in [2.45, 2.75) is 45.4 Å². The molecule has 0 aliphatic heterocycles. The number of rotatable bonds is 6. The molecule has 19 heavy (non-hydrogen) atoms. The average molecular weight is 260 g/mol. The number of aryl methyl sites for hydroxylation is 1. The molecular formula is C17H24O2. The van der Waals surface area contributed by atoms with Crippen LogP contribution in [0.25, 0.3) is 0 Å². The molecule has 3 unspecified atom stereocenters. The first-order chi connectivity index (χ1) is 9.15. The van der Waals surface area contributed by atoms with Crippen molar-refractivity contribution in [1.29, 1.82) is 0 Å². The van der Waals surface area contributed by atoms with E-state index in [2.05, 4.69) is 38.1 Å². The maximum Gasteiger partial charge on any atom is 0.308 e. The highest BCUT2D eigenvalue weighted by molar-refractivity contribution is 5.75. The van der Waals surface area contributed by atoms with Gasteiger partial charge in [-0.3, -0.25) is 4.79 Å². The second-order valence-corrected chi connectivity index (χ2v) is 5.75. The van der Waals surface area contributed by atoms with Gasteiger partial charge < -0.3 is 4.74 Å². The van der Waals surface area contributed by atoms with E-state index in [1.807, 2.05) is 0 Å². The van der Waals surface area contributed by atoms with Crippen molar-refractivity contribution in [3.8, 4) is 0 Å².